The first kappa shape index (κ1) is 15.6. The van der Waals surface area contributed by atoms with E-state index in [1.54, 1.807) is 0 Å². The molecule has 0 radical (unpaired) electrons. The fourth-order valence-corrected chi connectivity index (χ4v) is 6.58. The molecular weight excluding hydrogens is 308 g/mol. The van der Waals surface area contributed by atoms with Gasteiger partial charge in [-0.05, 0) is 62.7 Å². The molecule has 5 aliphatic carbocycles. The van der Waals surface area contributed by atoms with Crippen LogP contribution in [0, 0.1) is 29.6 Å². The van der Waals surface area contributed by atoms with E-state index in [-0.39, 0.29) is 11.9 Å². The van der Waals surface area contributed by atoms with Gasteiger partial charge in [-0.1, -0.05) is 0 Å². The molecule has 2 atom stereocenters. The van der Waals surface area contributed by atoms with E-state index in [2.05, 4.69) is 0 Å². The molecule has 6 aliphatic rings. The van der Waals surface area contributed by atoms with Gasteiger partial charge >= 0.3 is 5.97 Å². The van der Waals surface area contributed by atoms with Crippen LogP contribution in [0.4, 0.5) is 0 Å². The Hall–Kier alpha value is -0.650. The van der Waals surface area contributed by atoms with Gasteiger partial charge in [-0.15, -0.1) is 0 Å². The van der Waals surface area contributed by atoms with Crippen molar-refractivity contribution in [3.05, 3.63) is 0 Å². The monoisotopic (exact) mass is 336 g/mol. The predicted octanol–water partition coefficient (Wildman–Crippen LogP) is 3.57. The summed E-state index contributed by atoms with van der Waals surface area (Å²) < 4.78 is 11.5. The van der Waals surface area contributed by atoms with Crippen LogP contribution in [0.2, 0.25) is 0 Å². The summed E-state index contributed by atoms with van der Waals surface area (Å²) in [6.07, 6.45) is 10.5. The second-order valence-corrected chi connectivity index (χ2v) is 8.95. The molecule has 2 spiro atoms. The summed E-state index contributed by atoms with van der Waals surface area (Å²) in [5, 5.41) is 0. The minimum Gasteiger partial charge on any atom is -0.469 e. The Balaban J connectivity index is 1.34. The van der Waals surface area contributed by atoms with Gasteiger partial charge in [-0.3, -0.25) is 4.79 Å². The molecule has 0 amide bonds. The minimum atomic E-state index is -0.633. The first-order valence-corrected chi connectivity index (χ1v) is 9.74. The molecule has 24 heavy (non-hydrogen) atoms. The normalized spacial score (nSPS) is 52.3. The second-order valence-electron chi connectivity index (χ2n) is 8.95. The van der Waals surface area contributed by atoms with Crippen molar-refractivity contribution in [3.8, 4) is 0 Å². The van der Waals surface area contributed by atoms with E-state index in [0.717, 1.165) is 37.5 Å². The average molecular weight is 336 g/mol. The zero-order valence-electron chi connectivity index (χ0n) is 14.5. The second kappa shape index (κ2) is 5.42. The van der Waals surface area contributed by atoms with Crippen molar-refractivity contribution in [3.63, 3.8) is 0 Å². The van der Waals surface area contributed by atoms with E-state index >= 15 is 0 Å². The first-order valence-electron chi connectivity index (χ1n) is 9.74. The molecule has 5 saturated carbocycles. The van der Waals surface area contributed by atoms with Crippen molar-refractivity contribution < 1.29 is 24.0 Å². The highest BCUT2D eigenvalue weighted by Gasteiger charge is 2.66. The third-order valence-electron chi connectivity index (χ3n) is 7.40. The van der Waals surface area contributed by atoms with E-state index < -0.39 is 11.6 Å². The lowest BCUT2D eigenvalue weighted by atomic mass is 9.53. The molecule has 6 fully saturated rings. The van der Waals surface area contributed by atoms with Crippen LogP contribution in [0.25, 0.3) is 0 Å². The maximum Gasteiger partial charge on any atom is 0.305 e. The Bertz CT molecular complexity index is 504. The zero-order valence-corrected chi connectivity index (χ0v) is 14.5. The summed E-state index contributed by atoms with van der Waals surface area (Å²) in [4.78, 5) is 23.6. The zero-order chi connectivity index (χ0) is 16.4. The summed E-state index contributed by atoms with van der Waals surface area (Å²) in [6, 6.07) is 0. The molecular formula is C19H28O5. The number of carbonyl (C=O) groups excluding carboxylic acids is 1. The average Bonchev–Trinajstić information content (AvgIpc) is 2.92. The Morgan fingerprint density at radius 3 is 2.46 bits per heavy atom. The molecule has 1 aliphatic heterocycles. The molecule has 4 bridgehead atoms. The lowest BCUT2D eigenvalue weighted by Crippen LogP contribution is -2.59. The SMILES string of the molecule is COC(=O)CC1CCC[C@]2(C1)OOC1(O2)C2CC3CC(C2)CC1C3. The number of hydrogen-bond donors (Lipinski definition) is 0. The fraction of sp³-hybridized carbons (Fsp3) is 0.947. The molecule has 0 aromatic carbocycles. The predicted molar refractivity (Wildman–Crippen MR) is 84.4 cm³/mol. The summed E-state index contributed by atoms with van der Waals surface area (Å²) in [6.45, 7) is 0. The number of carbonyl (C=O) groups is 1. The van der Waals surface area contributed by atoms with Gasteiger partial charge in [0, 0.05) is 31.1 Å². The molecule has 0 aromatic heterocycles. The van der Waals surface area contributed by atoms with Crippen LogP contribution in [0.3, 0.4) is 0 Å². The van der Waals surface area contributed by atoms with Gasteiger partial charge in [0.15, 0.2) is 0 Å². The van der Waals surface area contributed by atoms with Crippen molar-refractivity contribution >= 4 is 5.97 Å². The van der Waals surface area contributed by atoms with Crippen molar-refractivity contribution in [2.45, 2.75) is 75.8 Å². The molecule has 6 rings (SSSR count). The maximum atomic E-state index is 11.6. The van der Waals surface area contributed by atoms with E-state index in [4.69, 9.17) is 19.2 Å². The van der Waals surface area contributed by atoms with E-state index in [0.29, 0.717) is 18.3 Å². The standard InChI is InChI=1S/C19H28O5/c1-21-17(20)10-12-3-2-4-18(11-12)22-19(24-23-18)15-6-13-5-14(8-15)9-16(19)7-13/h12-16H,2-11H2,1H3/t12?,13?,14?,15?,16?,18-,19?/m1/s1. The van der Waals surface area contributed by atoms with Gasteiger partial charge in [0.05, 0.1) is 7.11 Å². The number of ether oxygens (including phenoxy) is 2. The van der Waals surface area contributed by atoms with Gasteiger partial charge < -0.3 is 9.47 Å². The Labute approximate surface area is 143 Å². The molecule has 1 unspecified atom stereocenters. The molecule has 134 valence electrons. The van der Waals surface area contributed by atoms with Gasteiger partial charge in [0.2, 0.25) is 11.6 Å². The van der Waals surface area contributed by atoms with Crippen molar-refractivity contribution in [2.75, 3.05) is 7.11 Å². The van der Waals surface area contributed by atoms with E-state index in [1.165, 1.54) is 39.2 Å². The summed E-state index contributed by atoms with van der Waals surface area (Å²) in [5.41, 5.74) is 0. The third kappa shape index (κ3) is 2.27. The Morgan fingerprint density at radius 2 is 1.79 bits per heavy atom. The highest BCUT2D eigenvalue weighted by Crippen LogP contribution is 2.64. The molecule has 1 heterocycles. The number of esters is 1. The van der Waals surface area contributed by atoms with E-state index in [1.807, 2.05) is 0 Å². The summed E-state index contributed by atoms with van der Waals surface area (Å²) >= 11 is 0. The third-order valence-corrected chi connectivity index (χ3v) is 7.40. The first-order chi connectivity index (χ1) is 11.6. The van der Waals surface area contributed by atoms with Crippen LogP contribution in [0.5, 0.6) is 0 Å². The molecule has 5 nitrogen and oxygen atoms in total. The van der Waals surface area contributed by atoms with Gasteiger partial charge in [0.25, 0.3) is 0 Å². The van der Waals surface area contributed by atoms with Gasteiger partial charge in [0.1, 0.15) is 0 Å². The number of rotatable bonds is 2. The Morgan fingerprint density at radius 1 is 1.08 bits per heavy atom. The van der Waals surface area contributed by atoms with Crippen LogP contribution in [-0.2, 0) is 24.0 Å². The van der Waals surface area contributed by atoms with Crippen molar-refractivity contribution in [1.29, 1.82) is 0 Å². The molecule has 1 saturated heterocycles. The largest absolute Gasteiger partial charge is 0.469 e. The number of hydrogen-bond acceptors (Lipinski definition) is 5. The van der Waals surface area contributed by atoms with Gasteiger partial charge in [-0.2, -0.15) is 9.78 Å². The lowest BCUT2D eigenvalue weighted by molar-refractivity contribution is -0.390. The molecule has 0 aromatic rings. The quantitative estimate of drug-likeness (QED) is 0.570. The fourth-order valence-electron chi connectivity index (χ4n) is 6.58. The smallest absolute Gasteiger partial charge is 0.305 e. The van der Waals surface area contributed by atoms with Crippen LogP contribution < -0.4 is 0 Å². The number of methoxy groups -OCH3 is 1. The lowest BCUT2D eigenvalue weighted by Gasteiger charge is -2.57. The Kier molecular flexibility index (Phi) is 3.52. The minimum absolute atomic E-state index is 0.139. The summed E-state index contributed by atoms with van der Waals surface area (Å²) in [7, 11) is 1.45. The summed E-state index contributed by atoms with van der Waals surface area (Å²) in [5.74, 6) is 1.73. The van der Waals surface area contributed by atoms with E-state index in [9.17, 15) is 4.79 Å². The maximum absolute atomic E-state index is 11.6. The van der Waals surface area contributed by atoms with Crippen LogP contribution in [-0.4, -0.2) is 24.7 Å². The van der Waals surface area contributed by atoms with Crippen LogP contribution >= 0.6 is 0 Å². The molecule has 0 N–H and O–H groups in total. The van der Waals surface area contributed by atoms with Gasteiger partial charge in [-0.25, -0.2) is 0 Å². The van der Waals surface area contributed by atoms with Crippen LogP contribution in [0.1, 0.15) is 64.2 Å². The highest BCUT2D eigenvalue weighted by molar-refractivity contribution is 5.69. The van der Waals surface area contributed by atoms with Crippen molar-refractivity contribution in [1.82, 2.24) is 0 Å². The van der Waals surface area contributed by atoms with Crippen LogP contribution in [0.15, 0.2) is 0 Å². The van der Waals surface area contributed by atoms with Crippen molar-refractivity contribution in [2.24, 2.45) is 29.6 Å². The topological polar surface area (TPSA) is 54.0 Å². The molecule has 5 heteroatoms. The highest BCUT2D eigenvalue weighted by atomic mass is 17.3.